The van der Waals surface area contributed by atoms with Gasteiger partial charge in [0, 0.05) is 11.4 Å². The lowest BCUT2D eigenvalue weighted by atomic mass is 9.89. The number of anilines is 1. The van der Waals surface area contributed by atoms with Gasteiger partial charge in [-0.2, -0.15) is 5.10 Å². The van der Waals surface area contributed by atoms with Crippen LogP contribution in [-0.4, -0.2) is 24.3 Å². The van der Waals surface area contributed by atoms with Gasteiger partial charge in [0.05, 0.1) is 6.61 Å². The van der Waals surface area contributed by atoms with Gasteiger partial charge in [-0.1, -0.05) is 13.3 Å². The number of rotatable bonds is 6. The fourth-order valence-corrected chi connectivity index (χ4v) is 2.69. The van der Waals surface area contributed by atoms with Crippen LogP contribution in [0.15, 0.2) is 29.4 Å². The number of nitrogens with one attached hydrogen (secondary N) is 2. The van der Waals surface area contributed by atoms with Crippen molar-refractivity contribution in [2.75, 3.05) is 11.9 Å². The number of carbonyl (C=O) groups excluding carboxylic acids is 1. The highest BCUT2D eigenvalue weighted by molar-refractivity contribution is 5.90. The Morgan fingerprint density at radius 1 is 1.35 bits per heavy atom. The Labute approximate surface area is 138 Å². The number of hydrogen-bond acceptors (Lipinski definition) is 4. The lowest BCUT2D eigenvalue weighted by Crippen LogP contribution is -2.36. The van der Waals surface area contributed by atoms with Crippen molar-refractivity contribution in [3.05, 3.63) is 24.3 Å². The summed E-state index contributed by atoms with van der Waals surface area (Å²) in [7, 11) is 0. The maximum Gasteiger partial charge on any atom is 0.262 e. The van der Waals surface area contributed by atoms with Crippen molar-refractivity contribution >= 4 is 17.3 Å². The van der Waals surface area contributed by atoms with E-state index in [0.717, 1.165) is 30.0 Å². The number of carbonyl (C=O) groups is 1. The van der Waals surface area contributed by atoms with Gasteiger partial charge in [-0.05, 0) is 63.3 Å². The van der Waals surface area contributed by atoms with Crippen molar-refractivity contribution in [2.45, 2.75) is 52.5 Å². The Morgan fingerprint density at radius 2 is 2.09 bits per heavy atom. The van der Waals surface area contributed by atoms with Crippen LogP contribution < -0.4 is 15.5 Å². The normalized spacial score (nSPS) is 20.8. The van der Waals surface area contributed by atoms with E-state index in [-0.39, 0.29) is 11.9 Å². The van der Waals surface area contributed by atoms with Crippen LogP contribution in [0.3, 0.4) is 0 Å². The van der Waals surface area contributed by atoms with E-state index < -0.39 is 0 Å². The molecule has 0 saturated heterocycles. The second-order valence-electron chi connectivity index (χ2n) is 6.05. The molecule has 2 atom stereocenters. The van der Waals surface area contributed by atoms with Crippen molar-refractivity contribution in [3.8, 4) is 5.75 Å². The van der Waals surface area contributed by atoms with Crippen LogP contribution in [-0.2, 0) is 4.79 Å². The molecule has 2 N–H and O–H groups in total. The summed E-state index contributed by atoms with van der Waals surface area (Å²) in [5.74, 6) is 1.18. The minimum atomic E-state index is -0.351. The van der Waals surface area contributed by atoms with Crippen LogP contribution >= 0.6 is 0 Å². The van der Waals surface area contributed by atoms with Gasteiger partial charge in [0.25, 0.3) is 5.91 Å². The first kappa shape index (κ1) is 17.3. The molecule has 1 saturated carbocycles. The molecule has 126 valence electrons. The van der Waals surface area contributed by atoms with Crippen LogP contribution in [0.4, 0.5) is 5.69 Å². The molecule has 0 aromatic heterocycles. The molecule has 1 aliphatic rings. The highest BCUT2D eigenvalue weighted by atomic mass is 16.5. The Morgan fingerprint density at radius 3 is 2.74 bits per heavy atom. The third-order valence-electron chi connectivity index (χ3n) is 4.14. The minimum absolute atomic E-state index is 0.121. The summed E-state index contributed by atoms with van der Waals surface area (Å²) in [5, 5.41) is 7.50. The van der Waals surface area contributed by atoms with Crippen LogP contribution in [0.1, 0.15) is 46.5 Å². The Hall–Kier alpha value is -2.04. The molecule has 1 fully saturated rings. The van der Waals surface area contributed by atoms with Crippen molar-refractivity contribution in [1.29, 1.82) is 0 Å². The van der Waals surface area contributed by atoms with Gasteiger partial charge in [0.15, 0.2) is 0 Å². The number of nitrogens with zero attached hydrogens (tertiary/aromatic N) is 1. The lowest BCUT2D eigenvalue weighted by molar-refractivity contribution is -0.121. The average Bonchev–Trinajstić information content (AvgIpc) is 2.56. The van der Waals surface area contributed by atoms with E-state index in [1.807, 2.05) is 38.1 Å². The fraction of sp³-hybridized carbons (Fsp3) is 0.556. The van der Waals surface area contributed by atoms with Gasteiger partial charge in [-0.15, -0.1) is 0 Å². The topological polar surface area (TPSA) is 62.7 Å². The van der Waals surface area contributed by atoms with E-state index in [1.54, 1.807) is 0 Å². The van der Waals surface area contributed by atoms with E-state index in [2.05, 4.69) is 22.8 Å². The van der Waals surface area contributed by atoms with Crippen LogP contribution in [0.2, 0.25) is 0 Å². The molecule has 1 aromatic carbocycles. The largest absolute Gasteiger partial charge is 0.494 e. The monoisotopic (exact) mass is 317 g/mol. The molecular formula is C18H27N3O2. The molecule has 1 aliphatic carbocycles. The van der Waals surface area contributed by atoms with E-state index in [0.29, 0.717) is 12.5 Å². The molecule has 0 bridgehead atoms. The maximum absolute atomic E-state index is 12.2. The predicted octanol–water partition coefficient (Wildman–Crippen LogP) is 3.57. The van der Waals surface area contributed by atoms with E-state index >= 15 is 0 Å². The zero-order valence-corrected chi connectivity index (χ0v) is 14.3. The minimum Gasteiger partial charge on any atom is -0.494 e. The van der Waals surface area contributed by atoms with Gasteiger partial charge >= 0.3 is 0 Å². The van der Waals surface area contributed by atoms with Gasteiger partial charge in [0.2, 0.25) is 0 Å². The Bertz CT molecular complexity index is 540. The lowest BCUT2D eigenvalue weighted by Gasteiger charge is -2.20. The first-order chi connectivity index (χ1) is 11.1. The second kappa shape index (κ2) is 8.56. The number of amides is 1. The molecule has 0 spiro atoms. The van der Waals surface area contributed by atoms with Crippen LogP contribution in [0.25, 0.3) is 0 Å². The summed E-state index contributed by atoms with van der Waals surface area (Å²) in [6, 6.07) is 7.24. The molecule has 1 aromatic rings. The Balaban J connectivity index is 1.85. The Kier molecular flexibility index (Phi) is 6.44. The average molecular weight is 317 g/mol. The zero-order valence-electron chi connectivity index (χ0n) is 14.3. The summed E-state index contributed by atoms with van der Waals surface area (Å²) in [6.07, 6.45) is 4.57. The van der Waals surface area contributed by atoms with Gasteiger partial charge < -0.3 is 10.1 Å². The first-order valence-electron chi connectivity index (χ1n) is 8.46. The third kappa shape index (κ3) is 5.27. The number of hydrazone groups is 1. The molecule has 2 rings (SSSR count). The van der Waals surface area contributed by atoms with Gasteiger partial charge in [-0.25, -0.2) is 5.43 Å². The molecule has 23 heavy (non-hydrogen) atoms. The first-order valence-corrected chi connectivity index (χ1v) is 8.46. The van der Waals surface area contributed by atoms with Crippen molar-refractivity contribution in [3.63, 3.8) is 0 Å². The fourth-order valence-electron chi connectivity index (χ4n) is 2.69. The highest BCUT2D eigenvalue weighted by Gasteiger charge is 2.17. The maximum atomic E-state index is 12.2. The number of benzene rings is 1. The summed E-state index contributed by atoms with van der Waals surface area (Å²) < 4.78 is 5.40. The third-order valence-corrected chi connectivity index (χ3v) is 4.14. The molecule has 0 aliphatic heterocycles. The van der Waals surface area contributed by atoms with E-state index in [4.69, 9.17) is 4.74 Å². The number of hydrogen-bond donors (Lipinski definition) is 2. The van der Waals surface area contributed by atoms with Crippen LogP contribution in [0.5, 0.6) is 5.75 Å². The smallest absolute Gasteiger partial charge is 0.262 e. The van der Waals surface area contributed by atoms with Gasteiger partial charge in [0.1, 0.15) is 11.8 Å². The second-order valence-corrected chi connectivity index (χ2v) is 6.05. The summed E-state index contributed by atoms with van der Waals surface area (Å²) in [6.45, 7) is 6.60. The predicted molar refractivity (Wildman–Crippen MR) is 93.9 cm³/mol. The summed E-state index contributed by atoms with van der Waals surface area (Å²) >= 11 is 0. The quantitative estimate of drug-likeness (QED) is 0.788. The van der Waals surface area contributed by atoms with Crippen molar-refractivity contribution < 1.29 is 9.53 Å². The summed E-state index contributed by atoms with van der Waals surface area (Å²) in [5.41, 5.74) is 4.69. The standard InChI is InChI=1S/C18H27N3O2/c1-4-23-16-11-9-15(10-12-16)19-14(3)18(22)21-20-17-8-6-5-7-13(17)2/h9-14,19H,4-8H2,1-3H3,(H,21,22)/b20-17-. The van der Waals surface area contributed by atoms with Gasteiger partial charge in [-0.3, -0.25) is 4.79 Å². The highest BCUT2D eigenvalue weighted by Crippen LogP contribution is 2.20. The molecule has 0 radical (unpaired) electrons. The molecule has 2 unspecified atom stereocenters. The zero-order chi connectivity index (χ0) is 16.7. The number of ether oxygens (including phenoxy) is 1. The molecular weight excluding hydrogens is 290 g/mol. The van der Waals surface area contributed by atoms with Crippen molar-refractivity contribution in [1.82, 2.24) is 5.43 Å². The molecule has 0 heterocycles. The molecule has 1 amide bonds. The molecule has 5 nitrogen and oxygen atoms in total. The van der Waals surface area contributed by atoms with Crippen molar-refractivity contribution in [2.24, 2.45) is 11.0 Å². The SMILES string of the molecule is CCOc1ccc(NC(C)C(=O)N/N=C2/CCCCC2C)cc1. The van der Waals surface area contributed by atoms with E-state index in [1.165, 1.54) is 12.8 Å². The van der Waals surface area contributed by atoms with Crippen LogP contribution in [0, 0.1) is 5.92 Å². The molecule has 5 heteroatoms. The van der Waals surface area contributed by atoms with E-state index in [9.17, 15) is 4.79 Å². The summed E-state index contributed by atoms with van der Waals surface area (Å²) in [4.78, 5) is 12.2.